The number of hydrogen-bond donors (Lipinski definition) is 1. The number of fused-ring (bicyclic) bond motifs is 2. The third-order valence-electron chi connectivity index (χ3n) is 8.33. The van der Waals surface area contributed by atoms with E-state index in [1.54, 1.807) is 30.3 Å². The van der Waals surface area contributed by atoms with Gasteiger partial charge in [0.05, 0.1) is 10.8 Å². The third kappa shape index (κ3) is 3.66. The molecule has 0 aromatic heterocycles. The van der Waals surface area contributed by atoms with Gasteiger partial charge in [0.15, 0.2) is 0 Å². The summed E-state index contributed by atoms with van der Waals surface area (Å²) >= 11 is 0. The molecule has 2 bridgehead atoms. The van der Waals surface area contributed by atoms with Crippen LogP contribution in [0.2, 0.25) is 0 Å². The van der Waals surface area contributed by atoms with Crippen LogP contribution in [0.25, 0.3) is 10.8 Å². The van der Waals surface area contributed by atoms with Crippen molar-refractivity contribution < 1.29 is 27.6 Å². The lowest BCUT2D eigenvalue weighted by atomic mass is 9.53. The van der Waals surface area contributed by atoms with E-state index < -0.39 is 27.9 Å². The fraction of sp³-hybridized carbons (Fsp3) is 0.121. The maximum atomic E-state index is 14.3. The molecule has 0 amide bonds. The van der Waals surface area contributed by atoms with Gasteiger partial charge in [0.25, 0.3) is 0 Å². The first-order valence-electron chi connectivity index (χ1n) is 13.0. The molecule has 40 heavy (non-hydrogen) atoms. The fourth-order valence-corrected chi connectivity index (χ4v) is 7.51. The Morgan fingerprint density at radius 3 is 1.73 bits per heavy atom. The van der Waals surface area contributed by atoms with Crippen molar-refractivity contribution in [2.45, 2.75) is 22.6 Å². The van der Waals surface area contributed by atoms with Gasteiger partial charge in [-0.3, -0.25) is 4.79 Å². The van der Waals surface area contributed by atoms with Gasteiger partial charge in [-0.05, 0) is 46.0 Å². The second-order valence-electron chi connectivity index (χ2n) is 10.3. The summed E-state index contributed by atoms with van der Waals surface area (Å²) in [5.74, 6) is -1.79. The zero-order chi connectivity index (χ0) is 27.6. The number of esters is 1. The molecule has 0 fully saturated rings. The fourth-order valence-electron chi connectivity index (χ4n) is 6.83. The number of carbonyl (C=O) groups is 1. The molecule has 0 saturated carbocycles. The Balaban J connectivity index is 1.41. The summed E-state index contributed by atoms with van der Waals surface area (Å²) in [6.07, 6.45) is 0. The van der Waals surface area contributed by atoms with Crippen LogP contribution in [0, 0.1) is 5.92 Å². The summed E-state index contributed by atoms with van der Waals surface area (Å²) in [6, 6.07) is 32.3. The minimum Gasteiger partial charge on any atom is -0.744 e. The van der Waals surface area contributed by atoms with Crippen molar-refractivity contribution in [2.75, 3.05) is 0 Å². The summed E-state index contributed by atoms with van der Waals surface area (Å²) in [4.78, 5) is 13.9. The molecule has 0 aliphatic heterocycles. The lowest BCUT2D eigenvalue weighted by Gasteiger charge is -2.49. The zero-order valence-electron chi connectivity index (χ0n) is 21.1. The summed E-state index contributed by atoms with van der Waals surface area (Å²) in [7, 11) is -4.74. The van der Waals surface area contributed by atoms with Crippen LogP contribution in [0.15, 0.2) is 114 Å². The second-order valence-corrected chi connectivity index (χ2v) is 11.7. The van der Waals surface area contributed by atoms with E-state index in [4.69, 9.17) is 4.74 Å². The molecule has 198 valence electrons. The van der Waals surface area contributed by atoms with Gasteiger partial charge >= 0.3 is 5.97 Å². The molecule has 5 aromatic rings. The molecule has 8 rings (SSSR count). The topological polar surface area (TPSA) is 104 Å². The largest absolute Gasteiger partial charge is 0.744 e. The quantitative estimate of drug-likeness (QED) is 0.167. The van der Waals surface area contributed by atoms with Crippen LogP contribution >= 0.6 is 0 Å². The Morgan fingerprint density at radius 1 is 0.650 bits per heavy atom. The van der Waals surface area contributed by atoms with Gasteiger partial charge in [-0.1, -0.05) is 91.0 Å². The van der Waals surface area contributed by atoms with Crippen LogP contribution in [0.1, 0.15) is 45.6 Å². The number of rotatable bonds is 4. The Kier molecular flexibility index (Phi) is 5.56. The molecule has 2 atom stereocenters. The van der Waals surface area contributed by atoms with E-state index in [0.29, 0.717) is 10.9 Å². The summed E-state index contributed by atoms with van der Waals surface area (Å²) < 4.78 is 41.8. The molecule has 5 aromatic carbocycles. The van der Waals surface area contributed by atoms with E-state index in [2.05, 4.69) is 12.1 Å². The number of phenols is 1. The molecule has 7 heteroatoms. The number of aromatic hydroxyl groups is 1. The van der Waals surface area contributed by atoms with Crippen molar-refractivity contribution in [1.29, 1.82) is 0 Å². The maximum absolute atomic E-state index is 14.3. The normalized spacial score (nSPS) is 21.0. The van der Waals surface area contributed by atoms with E-state index in [-0.39, 0.29) is 33.6 Å². The molecule has 1 N–H and O–H groups in total. The van der Waals surface area contributed by atoms with Crippen molar-refractivity contribution in [1.82, 2.24) is 0 Å². The number of hydrogen-bond acceptors (Lipinski definition) is 6. The second kappa shape index (κ2) is 9.05. The molecule has 0 spiro atoms. The Morgan fingerprint density at radius 2 is 1.15 bits per heavy atom. The highest BCUT2D eigenvalue weighted by molar-refractivity contribution is 7.86. The van der Waals surface area contributed by atoms with Crippen molar-refractivity contribution in [3.8, 4) is 11.5 Å². The molecule has 0 saturated heterocycles. The molecule has 0 heterocycles. The first-order valence-corrected chi connectivity index (χ1v) is 14.4. The molecule has 3 aliphatic rings. The van der Waals surface area contributed by atoms with Crippen LogP contribution in [-0.4, -0.2) is 24.0 Å². The van der Waals surface area contributed by atoms with E-state index in [9.17, 15) is 22.9 Å². The van der Waals surface area contributed by atoms with Gasteiger partial charge in [-0.2, -0.15) is 0 Å². The van der Waals surface area contributed by atoms with E-state index in [0.717, 1.165) is 22.3 Å². The first-order chi connectivity index (χ1) is 19.3. The minimum absolute atomic E-state index is 0.114. The number of benzene rings is 5. The molecular formula is C33H23O6S-. The lowest BCUT2D eigenvalue weighted by Crippen LogP contribution is -2.43. The molecule has 3 aliphatic carbocycles. The number of para-hydroxylation sites is 1. The van der Waals surface area contributed by atoms with Gasteiger partial charge in [-0.15, -0.1) is 0 Å². The van der Waals surface area contributed by atoms with Crippen molar-refractivity contribution in [3.05, 3.63) is 137 Å². The average molecular weight is 548 g/mol. The van der Waals surface area contributed by atoms with Crippen LogP contribution < -0.4 is 4.74 Å². The summed E-state index contributed by atoms with van der Waals surface area (Å²) in [5, 5.41) is 11.5. The summed E-state index contributed by atoms with van der Waals surface area (Å²) in [5.41, 5.74) is 5.02. The van der Waals surface area contributed by atoms with E-state index in [1.165, 1.54) is 18.2 Å². The predicted molar refractivity (Wildman–Crippen MR) is 148 cm³/mol. The highest BCUT2D eigenvalue weighted by Gasteiger charge is 2.54. The van der Waals surface area contributed by atoms with Crippen LogP contribution in [0.4, 0.5) is 0 Å². The number of ether oxygens (including phenoxy) is 1. The number of phenolic OH excluding ortho intramolecular Hbond substituents is 1. The first kappa shape index (κ1) is 24.6. The van der Waals surface area contributed by atoms with Gasteiger partial charge in [0.1, 0.15) is 21.6 Å². The SMILES string of the molecule is O=C(Oc1ccc(S(=O)(=O)[O-])c2ccccc12)C1C2c3ccccc3C(c3ccccc32)C1c1ccccc1O. The molecule has 6 nitrogen and oxygen atoms in total. The van der Waals surface area contributed by atoms with Gasteiger partial charge in [-0.25, -0.2) is 8.42 Å². The van der Waals surface area contributed by atoms with Crippen molar-refractivity contribution in [2.24, 2.45) is 5.92 Å². The van der Waals surface area contributed by atoms with Gasteiger partial charge in [0.2, 0.25) is 0 Å². The number of carbonyl (C=O) groups excluding carboxylic acids is 1. The van der Waals surface area contributed by atoms with Crippen molar-refractivity contribution >= 4 is 26.9 Å². The van der Waals surface area contributed by atoms with Gasteiger partial charge in [0, 0.05) is 28.5 Å². The van der Waals surface area contributed by atoms with Crippen LogP contribution in [0.3, 0.4) is 0 Å². The Labute approximate surface area is 231 Å². The minimum atomic E-state index is -4.74. The Bertz CT molecular complexity index is 1880. The maximum Gasteiger partial charge on any atom is 0.315 e. The zero-order valence-corrected chi connectivity index (χ0v) is 21.9. The smallest absolute Gasteiger partial charge is 0.315 e. The highest BCUT2D eigenvalue weighted by Crippen LogP contribution is 2.62. The van der Waals surface area contributed by atoms with Gasteiger partial charge < -0.3 is 14.4 Å². The van der Waals surface area contributed by atoms with E-state index >= 15 is 0 Å². The Hall–Kier alpha value is -4.46. The van der Waals surface area contributed by atoms with E-state index in [1.807, 2.05) is 48.5 Å². The monoisotopic (exact) mass is 547 g/mol. The molecule has 2 unspecified atom stereocenters. The van der Waals surface area contributed by atoms with Crippen LogP contribution in [-0.2, 0) is 14.9 Å². The van der Waals surface area contributed by atoms with Crippen molar-refractivity contribution in [3.63, 3.8) is 0 Å². The average Bonchev–Trinajstić information content (AvgIpc) is 2.96. The standard InChI is InChI=1S/C33H24O6S/c34-26-16-8-7-15-25(26)31-29-21-11-3-5-13-23(21)30(24-14-6-4-12-22(24)29)32(31)33(35)39-27-17-18-28(40(36,37)38)20-10-2-1-9-19(20)27/h1-18,29-32,34H,(H,36,37,38)/p-1. The summed E-state index contributed by atoms with van der Waals surface area (Å²) in [6.45, 7) is 0. The highest BCUT2D eigenvalue weighted by atomic mass is 32.2. The molecular weight excluding hydrogens is 524 g/mol. The predicted octanol–water partition coefficient (Wildman–Crippen LogP) is 6.05. The lowest BCUT2D eigenvalue weighted by molar-refractivity contribution is -0.141. The third-order valence-corrected chi connectivity index (χ3v) is 9.22. The van der Waals surface area contributed by atoms with Crippen LogP contribution in [0.5, 0.6) is 11.5 Å². The molecule has 0 radical (unpaired) electrons.